The molecule has 3 aromatic rings. The van der Waals surface area contributed by atoms with Gasteiger partial charge in [-0.2, -0.15) is 0 Å². The summed E-state index contributed by atoms with van der Waals surface area (Å²) in [4.78, 5) is 0. The largest absolute Gasteiger partial charge is 0.396 e. The zero-order valence-electron chi connectivity index (χ0n) is 16.0. The second-order valence-corrected chi connectivity index (χ2v) is 8.49. The standard InChI is InChI=1S/C26H26O2/c27-18-25-13-5-7-15-26(25,16-8-6-14-25)24(28)23-17-19-9-1-2-10-20(19)21-11-3-4-12-22(21)23/h1-12,17,24,27-28H,13-16,18H2. The lowest BCUT2D eigenvalue weighted by Gasteiger charge is -2.55. The number of fused-ring (bicyclic) bond motifs is 4. The van der Waals surface area contributed by atoms with E-state index in [0.29, 0.717) is 0 Å². The first-order valence-corrected chi connectivity index (χ1v) is 10.2. The minimum Gasteiger partial charge on any atom is -0.396 e. The van der Waals surface area contributed by atoms with Crippen molar-refractivity contribution in [3.05, 3.63) is 84.5 Å². The van der Waals surface area contributed by atoms with Crippen LogP contribution in [0.5, 0.6) is 0 Å². The van der Waals surface area contributed by atoms with Crippen LogP contribution in [0.3, 0.4) is 0 Å². The molecule has 28 heavy (non-hydrogen) atoms. The molecular weight excluding hydrogens is 344 g/mol. The van der Waals surface area contributed by atoms with Crippen LogP contribution in [0, 0.1) is 10.8 Å². The van der Waals surface area contributed by atoms with Gasteiger partial charge in [-0.3, -0.25) is 0 Å². The highest BCUT2D eigenvalue weighted by Crippen LogP contribution is 2.61. The van der Waals surface area contributed by atoms with Crippen molar-refractivity contribution in [1.82, 2.24) is 0 Å². The van der Waals surface area contributed by atoms with Crippen LogP contribution >= 0.6 is 0 Å². The van der Waals surface area contributed by atoms with Gasteiger partial charge in [0, 0.05) is 17.4 Å². The molecule has 0 radical (unpaired) electrons. The molecule has 2 heteroatoms. The maximum absolute atomic E-state index is 11.9. The molecule has 2 nitrogen and oxygen atoms in total. The van der Waals surface area contributed by atoms with Gasteiger partial charge in [0.2, 0.25) is 0 Å². The molecule has 0 bridgehead atoms. The number of hydrogen-bond acceptors (Lipinski definition) is 2. The van der Waals surface area contributed by atoms with Crippen molar-refractivity contribution in [3.8, 4) is 0 Å². The zero-order chi connectivity index (χ0) is 19.2. The fourth-order valence-corrected chi connectivity index (χ4v) is 5.62. The summed E-state index contributed by atoms with van der Waals surface area (Å²) in [6, 6.07) is 18.9. The highest BCUT2D eigenvalue weighted by Gasteiger charge is 2.55. The molecule has 0 fully saturated rings. The van der Waals surface area contributed by atoms with E-state index in [-0.39, 0.29) is 17.4 Å². The molecule has 0 saturated carbocycles. The van der Waals surface area contributed by atoms with Gasteiger partial charge in [-0.05, 0) is 58.9 Å². The summed E-state index contributed by atoms with van der Waals surface area (Å²) in [7, 11) is 0. The Morgan fingerprint density at radius 1 is 0.750 bits per heavy atom. The molecule has 2 aliphatic rings. The summed E-state index contributed by atoms with van der Waals surface area (Å²) < 4.78 is 0. The van der Waals surface area contributed by atoms with Crippen molar-refractivity contribution >= 4 is 21.5 Å². The van der Waals surface area contributed by atoms with Crippen LogP contribution in [0.4, 0.5) is 0 Å². The molecule has 1 unspecified atom stereocenters. The van der Waals surface area contributed by atoms with Crippen LogP contribution < -0.4 is 0 Å². The summed E-state index contributed by atoms with van der Waals surface area (Å²) in [6.45, 7) is 0.101. The van der Waals surface area contributed by atoms with Crippen LogP contribution in [0.25, 0.3) is 21.5 Å². The summed E-state index contributed by atoms with van der Waals surface area (Å²) in [6.07, 6.45) is 11.3. The lowest BCUT2D eigenvalue weighted by atomic mass is 9.50. The molecule has 0 heterocycles. The molecule has 0 aromatic heterocycles. The van der Waals surface area contributed by atoms with E-state index >= 15 is 0 Å². The SMILES string of the molecule is OCC12CC=CCC1(C(O)c1cc3ccccc3c3ccccc13)CC=CC2. The monoisotopic (exact) mass is 370 g/mol. The Balaban J connectivity index is 1.77. The first-order chi connectivity index (χ1) is 13.7. The van der Waals surface area contributed by atoms with E-state index in [1.807, 2.05) is 6.07 Å². The number of rotatable bonds is 3. The van der Waals surface area contributed by atoms with Gasteiger partial charge in [-0.1, -0.05) is 72.8 Å². The van der Waals surface area contributed by atoms with Gasteiger partial charge in [0.05, 0.1) is 6.10 Å². The maximum atomic E-state index is 11.9. The highest BCUT2D eigenvalue weighted by atomic mass is 16.3. The van der Waals surface area contributed by atoms with Gasteiger partial charge in [0.1, 0.15) is 0 Å². The summed E-state index contributed by atoms with van der Waals surface area (Å²) in [5, 5.41) is 27.0. The maximum Gasteiger partial charge on any atom is 0.0864 e. The van der Waals surface area contributed by atoms with Gasteiger partial charge < -0.3 is 10.2 Å². The van der Waals surface area contributed by atoms with E-state index in [0.717, 1.165) is 42.0 Å². The summed E-state index contributed by atoms with van der Waals surface area (Å²) >= 11 is 0. The second kappa shape index (κ2) is 6.58. The van der Waals surface area contributed by atoms with Gasteiger partial charge in [0.25, 0.3) is 0 Å². The Labute approximate surface area is 165 Å². The van der Waals surface area contributed by atoms with E-state index < -0.39 is 6.10 Å². The Hall–Kier alpha value is -2.42. The van der Waals surface area contributed by atoms with Gasteiger partial charge in [-0.15, -0.1) is 0 Å². The van der Waals surface area contributed by atoms with E-state index in [9.17, 15) is 10.2 Å². The van der Waals surface area contributed by atoms with E-state index in [2.05, 4.69) is 72.8 Å². The molecule has 2 N–H and O–H groups in total. The van der Waals surface area contributed by atoms with Gasteiger partial charge in [-0.25, -0.2) is 0 Å². The molecule has 0 spiro atoms. The van der Waals surface area contributed by atoms with E-state index in [1.54, 1.807) is 0 Å². The number of aliphatic hydroxyl groups excluding tert-OH is 2. The second-order valence-electron chi connectivity index (χ2n) is 8.49. The fourth-order valence-electron chi connectivity index (χ4n) is 5.62. The lowest BCUT2D eigenvalue weighted by Crippen LogP contribution is -2.50. The molecule has 0 saturated heterocycles. The third kappa shape index (κ3) is 2.35. The first-order valence-electron chi connectivity index (χ1n) is 10.2. The third-order valence-corrected chi connectivity index (χ3v) is 7.29. The molecule has 142 valence electrons. The average molecular weight is 370 g/mol. The molecule has 2 aliphatic carbocycles. The van der Waals surface area contributed by atoms with Crippen LogP contribution in [-0.4, -0.2) is 16.8 Å². The minimum absolute atomic E-state index is 0.101. The molecule has 0 amide bonds. The van der Waals surface area contributed by atoms with Crippen molar-refractivity contribution in [1.29, 1.82) is 0 Å². The van der Waals surface area contributed by atoms with Crippen LogP contribution in [0.1, 0.15) is 37.4 Å². The number of hydrogen-bond donors (Lipinski definition) is 2. The van der Waals surface area contributed by atoms with E-state index in [1.165, 1.54) is 10.8 Å². The number of benzene rings is 3. The van der Waals surface area contributed by atoms with Crippen LogP contribution in [0.15, 0.2) is 78.9 Å². The van der Waals surface area contributed by atoms with Crippen molar-refractivity contribution in [3.63, 3.8) is 0 Å². The van der Waals surface area contributed by atoms with Crippen molar-refractivity contribution in [2.24, 2.45) is 10.8 Å². The summed E-state index contributed by atoms with van der Waals surface area (Å²) in [5.41, 5.74) is 0.303. The number of allylic oxidation sites excluding steroid dienone is 4. The average Bonchev–Trinajstić information content (AvgIpc) is 2.77. The topological polar surface area (TPSA) is 40.5 Å². The minimum atomic E-state index is -0.635. The summed E-state index contributed by atoms with van der Waals surface area (Å²) in [5.74, 6) is 0. The first kappa shape index (κ1) is 17.7. The van der Waals surface area contributed by atoms with Crippen molar-refractivity contribution in [2.45, 2.75) is 31.8 Å². The molecule has 1 atom stereocenters. The predicted molar refractivity (Wildman–Crippen MR) is 115 cm³/mol. The Morgan fingerprint density at radius 2 is 1.32 bits per heavy atom. The normalized spacial score (nSPS) is 27.8. The molecule has 0 aliphatic heterocycles. The quantitative estimate of drug-likeness (QED) is 0.459. The van der Waals surface area contributed by atoms with Crippen molar-refractivity contribution in [2.75, 3.05) is 6.61 Å². The highest BCUT2D eigenvalue weighted by molar-refractivity contribution is 6.09. The Bertz CT molecular complexity index is 1070. The molecular formula is C26H26O2. The van der Waals surface area contributed by atoms with Crippen molar-refractivity contribution < 1.29 is 10.2 Å². The fraction of sp³-hybridized carbons (Fsp3) is 0.308. The lowest BCUT2D eigenvalue weighted by molar-refractivity contribution is -0.110. The third-order valence-electron chi connectivity index (χ3n) is 7.29. The van der Waals surface area contributed by atoms with Gasteiger partial charge >= 0.3 is 0 Å². The Kier molecular flexibility index (Phi) is 4.15. The van der Waals surface area contributed by atoms with E-state index in [4.69, 9.17) is 0 Å². The molecule has 5 rings (SSSR count). The smallest absolute Gasteiger partial charge is 0.0864 e. The molecule has 3 aromatic carbocycles. The van der Waals surface area contributed by atoms with Crippen LogP contribution in [0.2, 0.25) is 0 Å². The predicted octanol–water partition coefficient (Wildman–Crippen LogP) is 5.69. The number of aliphatic hydroxyl groups is 2. The Morgan fingerprint density at radius 3 is 2.00 bits per heavy atom. The van der Waals surface area contributed by atoms with Crippen LogP contribution in [-0.2, 0) is 0 Å². The van der Waals surface area contributed by atoms with Gasteiger partial charge in [0.15, 0.2) is 0 Å². The zero-order valence-corrected chi connectivity index (χ0v) is 16.0.